The van der Waals surface area contributed by atoms with Crippen molar-refractivity contribution in [2.45, 2.75) is 69.4 Å². The van der Waals surface area contributed by atoms with Crippen molar-refractivity contribution >= 4 is 11.8 Å². The first-order chi connectivity index (χ1) is 13.5. The molecule has 0 heterocycles. The largest absolute Gasteiger partial charge is 0.467 e. The van der Waals surface area contributed by atoms with Gasteiger partial charge in [-0.3, -0.25) is 4.79 Å². The molecule has 0 aromatic heterocycles. The summed E-state index contributed by atoms with van der Waals surface area (Å²) in [6, 6.07) is 0. The van der Waals surface area contributed by atoms with Gasteiger partial charge in [0.25, 0.3) is 0 Å². The van der Waals surface area contributed by atoms with Gasteiger partial charge in [0, 0.05) is 16.7 Å². The zero-order valence-electron chi connectivity index (χ0n) is 17.0. The number of halogens is 1. The van der Waals surface area contributed by atoms with Crippen molar-refractivity contribution in [1.29, 1.82) is 0 Å². The lowest BCUT2D eigenvalue weighted by atomic mass is 9.44. The minimum absolute atomic E-state index is 0.0973. The van der Waals surface area contributed by atoms with Gasteiger partial charge in [-0.15, -0.1) is 0 Å². The average molecular weight is 408 g/mol. The molecule has 3 fully saturated rings. The molecule has 0 bridgehead atoms. The highest BCUT2D eigenvalue weighted by Gasteiger charge is 2.74. The highest BCUT2D eigenvalue weighted by Crippen LogP contribution is 2.70. The molecule has 4 aliphatic carbocycles. The first kappa shape index (κ1) is 20.7. The molecule has 1 unspecified atom stereocenters. The standard InChI is InChI=1S/C22H29FO6/c1-19-8-6-13(24)10-12(19)4-5-15-14-7-9-21(28,17(26)18(27)29-3)20(14,2)11-16(25)22(15,19)23/h6,8,10,14-17,25-26,28H,4-5,7,9,11H2,1-3H3/t14-,15-,16?,17+,19-,20-,21-,22-/m0/s1. The van der Waals surface area contributed by atoms with Gasteiger partial charge < -0.3 is 20.1 Å². The number of aliphatic hydroxyl groups excluding tert-OH is 2. The van der Waals surface area contributed by atoms with E-state index in [2.05, 4.69) is 4.74 Å². The van der Waals surface area contributed by atoms with Gasteiger partial charge in [0.15, 0.2) is 17.6 Å². The summed E-state index contributed by atoms with van der Waals surface area (Å²) in [5.41, 5.74) is -5.27. The molecule has 0 aromatic rings. The number of rotatable bonds is 2. The van der Waals surface area contributed by atoms with E-state index in [4.69, 9.17) is 0 Å². The first-order valence-corrected chi connectivity index (χ1v) is 10.2. The predicted octanol–water partition coefficient (Wildman–Crippen LogP) is 1.62. The van der Waals surface area contributed by atoms with Crippen molar-refractivity contribution in [1.82, 2.24) is 0 Å². The molecular formula is C22H29FO6. The van der Waals surface area contributed by atoms with E-state index >= 15 is 4.39 Å². The molecule has 0 aromatic carbocycles. The van der Waals surface area contributed by atoms with Crippen molar-refractivity contribution in [3.8, 4) is 0 Å². The Morgan fingerprint density at radius 3 is 2.66 bits per heavy atom. The Labute approximate surface area is 169 Å². The molecule has 4 rings (SSSR count). The second kappa shape index (κ2) is 6.22. The minimum Gasteiger partial charge on any atom is -0.467 e. The summed E-state index contributed by atoms with van der Waals surface area (Å²) >= 11 is 0. The summed E-state index contributed by atoms with van der Waals surface area (Å²) in [7, 11) is 1.14. The molecule has 7 heteroatoms. The van der Waals surface area contributed by atoms with E-state index in [1.54, 1.807) is 19.9 Å². The van der Waals surface area contributed by atoms with Crippen LogP contribution in [0.5, 0.6) is 0 Å². The monoisotopic (exact) mass is 408 g/mol. The summed E-state index contributed by atoms with van der Waals surface area (Å²) in [4.78, 5) is 23.8. The molecule has 0 spiro atoms. The van der Waals surface area contributed by atoms with Gasteiger partial charge in [-0.05, 0) is 57.1 Å². The van der Waals surface area contributed by atoms with E-state index in [0.29, 0.717) is 24.8 Å². The number of carbonyl (C=O) groups is 2. The molecule has 6 nitrogen and oxygen atoms in total. The summed E-state index contributed by atoms with van der Waals surface area (Å²) in [6.07, 6.45) is 2.65. The zero-order valence-corrected chi connectivity index (χ0v) is 17.0. The van der Waals surface area contributed by atoms with Crippen molar-refractivity contribution in [2.75, 3.05) is 7.11 Å². The second-order valence-corrected chi connectivity index (χ2v) is 9.65. The normalized spacial score (nSPS) is 49.6. The first-order valence-electron chi connectivity index (χ1n) is 10.2. The quantitative estimate of drug-likeness (QED) is 0.600. The number of hydrogen-bond acceptors (Lipinski definition) is 6. The van der Waals surface area contributed by atoms with Crippen LogP contribution in [-0.2, 0) is 14.3 Å². The molecule has 29 heavy (non-hydrogen) atoms. The lowest BCUT2D eigenvalue weighted by molar-refractivity contribution is -0.236. The molecule has 0 saturated heterocycles. The van der Waals surface area contributed by atoms with Crippen LogP contribution in [0, 0.1) is 22.7 Å². The summed E-state index contributed by atoms with van der Waals surface area (Å²) in [5.74, 6) is -2.01. The number of hydrogen-bond donors (Lipinski definition) is 3. The van der Waals surface area contributed by atoms with Gasteiger partial charge in [-0.25, -0.2) is 9.18 Å². The Kier molecular flexibility index (Phi) is 4.44. The molecule has 0 amide bonds. The Bertz CT molecular complexity index is 822. The maximum atomic E-state index is 16.9. The van der Waals surface area contributed by atoms with Crippen LogP contribution in [0.2, 0.25) is 0 Å². The van der Waals surface area contributed by atoms with E-state index in [1.807, 2.05) is 0 Å². The van der Waals surface area contributed by atoms with Crippen molar-refractivity contribution in [3.63, 3.8) is 0 Å². The van der Waals surface area contributed by atoms with E-state index in [9.17, 15) is 24.9 Å². The number of ketones is 1. The third-order valence-corrected chi connectivity index (χ3v) is 8.73. The lowest BCUT2D eigenvalue weighted by Crippen LogP contribution is -2.69. The molecular weight excluding hydrogens is 379 g/mol. The van der Waals surface area contributed by atoms with Crippen LogP contribution in [0.4, 0.5) is 4.39 Å². The van der Waals surface area contributed by atoms with E-state index in [1.165, 1.54) is 12.2 Å². The zero-order chi connectivity index (χ0) is 21.4. The highest BCUT2D eigenvalue weighted by atomic mass is 19.1. The Balaban J connectivity index is 1.78. The van der Waals surface area contributed by atoms with Crippen molar-refractivity contribution < 1.29 is 34.0 Å². The molecule has 3 N–H and O–H groups in total. The van der Waals surface area contributed by atoms with Crippen molar-refractivity contribution in [3.05, 3.63) is 23.8 Å². The summed E-state index contributed by atoms with van der Waals surface area (Å²) in [5, 5.41) is 33.0. The van der Waals surface area contributed by atoms with Crippen LogP contribution in [-0.4, -0.2) is 57.7 Å². The Morgan fingerprint density at radius 1 is 1.31 bits per heavy atom. The third-order valence-electron chi connectivity index (χ3n) is 8.73. The van der Waals surface area contributed by atoms with Crippen molar-refractivity contribution in [2.24, 2.45) is 22.7 Å². The molecule has 4 aliphatic rings. The number of alkyl halides is 1. The van der Waals surface area contributed by atoms with Crippen LogP contribution in [0.15, 0.2) is 23.8 Å². The van der Waals surface area contributed by atoms with Gasteiger partial charge in [0.2, 0.25) is 0 Å². The van der Waals surface area contributed by atoms with Gasteiger partial charge in [-0.2, -0.15) is 0 Å². The van der Waals surface area contributed by atoms with Gasteiger partial charge in [-0.1, -0.05) is 18.6 Å². The molecule has 160 valence electrons. The number of esters is 1. The van der Waals surface area contributed by atoms with E-state index < -0.39 is 46.2 Å². The number of allylic oxidation sites excluding steroid dienone is 4. The Morgan fingerprint density at radius 2 is 2.00 bits per heavy atom. The SMILES string of the molecule is COC(=O)[C@@H](O)[C@@]1(O)CC[C@H]2[C@@H]3CCC4=CC(=O)C=C[C@]4(C)[C@@]3(F)C(O)C[C@@]21C. The lowest BCUT2D eigenvalue weighted by Gasteiger charge is -2.63. The van der Waals surface area contributed by atoms with Gasteiger partial charge in [0.1, 0.15) is 5.60 Å². The predicted molar refractivity (Wildman–Crippen MR) is 101 cm³/mol. The van der Waals surface area contributed by atoms with Gasteiger partial charge >= 0.3 is 5.97 Å². The molecule has 0 aliphatic heterocycles. The van der Waals surface area contributed by atoms with Crippen LogP contribution < -0.4 is 0 Å². The number of ether oxygens (including phenoxy) is 1. The molecule has 0 radical (unpaired) electrons. The maximum Gasteiger partial charge on any atom is 0.337 e. The van der Waals surface area contributed by atoms with Crippen LogP contribution in [0.25, 0.3) is 0 Å². The maximum absolute atomic E-state index is 16.9. The van der Waals surface area contributed by atoms with Gasteiger partial charge in [0.05, 0.1) is 13.2 Å². The highest BCUT2D eigenvalue weighted by molar-refractivity contribution is 6.01. The Hall–Kier alpha value is -1.57. The fourth-order valence-corrected chi connectivity index (χ4v) is 7.00. The average Bonchev–Trinajstić information content (AvgIpc) is 2.94. The third kappa shape index (κ3) is 2.32. The molecule has 3 saturated carbocycles. The summed E-state index contributed by atoms with van der Waals surface area (Å²) in [6.45, 7) is 3.46. The molecule has 8 atom stereocenters. The van der Waals surface area contributed by atoms with Crippen LogP contribution >= 0.6 is 0 Å². The summed E-state index contributed by atoms with van der Waals surface area (Å²) < 4.78 is 21.5. The fourth-order valence-electron chi connectivity index (χ4n) is 7.00. The number of carbonyl (C=O) groups excluding carboxylic acids is 2. The second-order valence-electron chi connectivity index (χ2n) is 9.65. The fraction of sp³-hybridized carbons (Fsp3) is 0.727. The van der Waals surface area contributed by atoms with E-state index in [0.717, 1.165) is 7.11 Å². The van der Waals surface area contributed by atoms with Crippen LogP contribution in [0.1, 0.15) is 46.0 Å². The minimum atomic E-state index is -2.00. The topological polar surface area (TPSA) is 104 Å². The number of fused-ring (bicyclic) bond motifs is 5. The van der Waals surface area contributed by atoms with E-state index in [-0.39, 0.29) is 24.5 Å². The van der Waals surface area contributed by atoms with Crippen LogP contribution in [0.3, 0.4) is 0 Å². The smallest absolute Gasteiger partial charge is 0.337 e. The number of methoxy groups -OCH3 is 1. The number of aliphatic hydroxyl groups is 3.